The highest BCUT2D eigenvalue weighted by molar-refractivity contribution is 8.76. The van der Waals surface area contributed by atoms with E-state index in [4.69, 9.17) is 10.8 Å². The molecule has 3 amide bonds. The van der Waals surface area contributed by atoms with Gasteiger partial charge < -0.3 is 36.8 Å². The number of rotatable bonds is 37. The summed E-state index contributed by atoms with van der Waals surface area (Å²) < 4.78 is 0. The number of carbonyl (C=O) groups excluding carboxylic acids is 6. The minimum Gasteiger partial charge on any atom is -0.508 e. The molecular weight excluding hydrogens is 891 g/mol. The van der Waals surface area contributed by atoms with Crippen LogP contribution in [0.5, 0.6) is 5.75 Å². The number of aromatic hydroxyl groups is 1. The zero-order valence-corrected chi connectivity index (χ0v) is 40.0. The Balaban J connectivity index is 1.74. The molecule has 1 fully saturated rings. The number of carboxylic acid groups (broad SMARTS) is 3. The smallest absolute Gasteiger partial charge is 0.326 e. The number of nitrogens with one attached hydrogen (secondary N) is 2. The van der Waals surface area contributed by atoms with Crippen LogP contribution in [0, 0.1) is 17.8 Å². The summed E-state index contributed by atoms with van der Waals surface area (Å²) in [5.74, 6) is -8.14. The molecule has 1 aliphatic rings. The second-order valence-corrected chi connectivity index (χ2v) is 20.1. The maximum absolute atomic E-state index is 13.6. The molecule has 5 atom stereocenters. The van der Waals surface area contributed by atoms with Gasteiger partial charge >= 0.3 is 17.9 Å². The Labute approximate surface area is 396 Å². The van der Waals surface area contributed by atoms with Crippen LogP contribution < -0.4 is 16.4 Å². The quantitative estimate of drug-likeness (QED) is 0.0254. The fourth-order valence-electron chi connectivity index (χ4n) is 7.87. The zero-order valence-electron chi connectivity index (χ0n) is 38.4. The summed E-state index contributed by atoms with van der Waals surface area (Å²) in [4.78, 5) is 112. The van der Waals surface area contributed by atoms with Crippen molar-refractivity contribution in [2.75, 3.05) is 11.5 Å². The number of ketones is 3. The standard InChI is InChI=1S/C48H73N3O13S2/c49-47(62)34(27-33-19-21-37(52)22-20-33)28-40(53)35-29-41(54)36(32-66-65-31-35)30-42(55)38(24-26-46(60)61)50-44(57)25-23-39(48(63)64)51-43(56)17-15-13-11-9-7-5-3-1-2-4-6-8-10-12-14-16-18-45(58)59/h19-22,34-36,38-39,52H,1-18,23-32H2,(H2,49,62)(H,50,57)(H,51,56)(H,58,59)(H,60,61)(H,63,64)/t34-,35+,36+,38+,39?/m1/s1. The number of aliphatic carboxylic acids is 3. The second kappa shape index (κ2) is 33.9. The lowest BCUT2D eigenvalue weighted by Crippen LogP contribution is -2.44. The fraction of sp³-hybridized carbons (Fsp3) is 0.688. The molecular formula is C48H73N3O13S2. The fourth-order valence-corrected chi connectivity index (χ4v) is 10.6. The van der Waals surface area contributed by atoms with E-state index >= 15 is 0 Å². The number of primary amides is 1. The number of Topliss-reactive ketones (excluding diaryl/α,β-unsaturated/α-hetero) is 3. The summed E-state index contributed by atoms with van der Waals surface area (Å²) in [5.41, 5.74) is 6.31. The van der Waals surface area contributed by atoms with Gasteiger partial charge in [-0.2, -0.15) is 0 Å². The van der Waals surface area contributed by atoms with Gasteiger partial charge in [0.05, 0.1) is 6.04 Å². The minimum absolute atomic E-state index is 0.0486. The van der Waals surface area contributed by atoms with Crippen LogP contribution in [0.25, 0.3) is 0 Å². The molecule has 66 heavy (non-hydrogen) atoms. The first-order valence-electron chi connectivity index (χ1n) is 23.7. The van der Waals surface area contributed by atoms with E-state index in [2.05, 4.69) is 10.6 Å². The highest BCUT2D eigenvalue weighted by Crippen LogP contribution is 2.34. The molecule has 0 spiro atoms. The van der Waals surface area contributed by atoms with Gasteiger partial charge in [-0.1, -0.05) is 124 Å². The van der Waals surface area contributed by atoms with Crippen LogP contribution in [0.1, 0.15) is 166 Å². The maximum atomic E-state index is 13.6. The van der Waals surface area contributed by atoms with E-state index in [1.165, 1.54) is 85.1 Å². The van der Waals surface area contributed by atoms with Crippen molar-refractivity contribution >= 4 is 74.6 Å². The molecule has 18 heteroatoms. The lowest BCUT2D eigenvalue weighted by atomic mass is 9.85. The molecule has 1 aromatic carbocycles. The van der Waals surface area contributed by atoms with Gasteiger partial charge in [0.15, 0.2) is 5.78 Å². The largest absolute Gasteiger partial charge is 0.508 e. The van der Waals surface area contributed by atoms with Crippen LogP contribution in [0.2, 0.25) is 0 Å². The molecule has 8 N–H and O–H groups in total. The van der Waals surface area contributed by atoms with E-state index in [1.807, 2.05) is 0 Å². The van der Waals surface area contributed by atoms with Gasteiger partial charge in [0.1, 0.15) is 23.4 Å². The van der Waals surface area contributed by atoms with E-state index in [1.54, 1.807) is 12.1 Å². The summed E-state index contributed by atoms with van der Waals surface area (Å²) >= 11 is 0. The van der Waals surface area contributed by atoms with Crippen LogP contribution in [-0.4, -0.2) is 97.0 Å². The number of nitrogens with two attached hydrogens (primary N) is 1. The monoisotopic (exact) mass is 963 g/mol. The Bertz CT molecular complexity index is 1710. The van der Waals surface area contributed by atoms with Crippen molar-refractivity contribution in [2.24, 2.45) is 23.5 Å². The topological polar surface area (TPSA) is 285 Å². The van der Waals surface area contributed by atoms with Crippen LogP contribution >= 0.6 is 21.6 Å². The van der Waals surface area contributed by atoms with Gasteiger partial charge in [-0.25, -0.2) is 4.79 Å². The van der Waals surface area contributed by atoms with Crippen molar-refractivity contribution in [2.45, 2.75) is 179 Å². The van der Waals surface area contributed by atoms with Crippen LogP contribution in [0.3, 0.4) is 0 Å². The molecule has 1 aromatic rings. The number of phenolic OH excluding ortho intramolecular Hbond substituents is 1. The maximum Gasteiger partial charge on any atom is 0.326 e. The molecule has 16 nitrogen and oxygen atoms in total. The zero-order chi connectivity index (χ0) is 48.7. The molecule has 370 valence electrons. The number of phenols is 1. The third kappa shape index (κ3) is 26.6. The molecule has 1 aliphatic heterocycles. The van der Waals surface area contributed by atoms with E-state index in [0.717, 1.165) is 44.9 Å². The molecule has 0 aromatic heterocycles. The first kappa shape index (κ1) is 57.7. The highest BCUT2D eigenvalue weighted by Gasteiger charge is 2.34. The first-order chi connectivity index (χ1) is 31.5. The van der Waals surface area contributed by atoms with Crippen molar-refractivity contribution in [1.29, 1.82) is 0 Å². The van der Waals surface area contributed by atoms with Gasteiger partial charge in [-0.3, -0.25) is 38.4 Å². The lowest BCUT2D eigenvalue weighted by molar-refractivity contribution is -0.142. The van der Waals surface area contributed by atoms with E-state index in [0.29, 0.717) is 17.7 Å². The third-order valence-corrected chi connectivity index (χ3v) is 14.5. The third-order valence-electron chi connectivity index (χ3n) is 11.9. The molecule has 0 saturated carbocycles. The average Bonchev–Trinajstić information content (AvgIpc) is 3.25. The summed E-state index contributed by atoms with van der Waals surface area (Å²) in [6, 6.07) is 3.55. The summed E-state index contributed by atoms with van der Waals surface area (Å²) in [6.07, 6.45) is 15.6. The normalized spacial score (nSPS) is 16.5. The van der Waals surface area contributed by atoms with E-state index in [-0.39, 0.29) is 80.9 Å². The van der Waals surface area contributed by atoms with Gasteiger partial charge in [0.25, 0.3) is 0 Å². The van der Waals surface area contributed by atoms with Crippen molar-refractivity contribution in [3.63, 3.8) is 0 Å². The number of hydrogen-bond acceptors (Lipinski definition) is 12. The Morgan fingerprint density at radius 1 is 0.621 bits per heavy atom. The molecule has 0 radical (unpaired) electrons. The van der Waals surface area contributed by atoms with Gasteiger partial charge in [0.2, 0.25) is 17.7 Å². The van der Waals surface area contributed by atoms with Crippen molar-refractivity contribution in [3.05, 3.63) is 29.8 Å². The number of carboxylic acids is 3. The van der Waals surface area contributed by atoms with Crippen LogP contribution in [0.15, 0.2) is 24.3 Å². The molecule has 2 rings (SSSR count). The van der Waals surface area contributed by atoms with Crippen molar-refractivity contribution in [3.8, 4) is 5.75 Å². The average molecular weight is 964 g/mol. The molecule has 1 unspecified atom stereocenters. The Morgan fingerprint density at radius 2 is 1.09 bits per heavy atom. The summed E-state index contributed by atoms with van der Waals surface area (Å²) in [6.45, 7) is 0. The van der Waals surface area contributed by atoms with Gasteiger partial charge in [-0.15, -0.1) is 0 Å². The van der Waals surface area contributed by atoms with E-state index in [9.17, 15) is 58.5 Å². The first-order valence-corrected chi connectivity index (χ1v) is 26.2. The molecule has 1 heterocycles. The molecule has 0 aliphatic carbocycles. The van der Waals surface area contributed by atoms with Gasteiger partial charge in [-0.05, 0) is 49.8 Å². The van der Waals surface area contributed by atoms with E-state index < -0.39 is 77.7 Å². The Morgan fingerprint density at radius 3 is 1.61 bits per heavy atom. The number of carbonyl (C=O) groups is 9. The number of benzene rings is 1. The summed E-state index contributed by atoms with van der Waals surface area (Å²) in [7, 11) is 2.66. The van der Waals surface area contributed by atoms with Crippen molar-refractivity contribution < 1.29 is 63.6 Å². The number of unbranched alkanes of at least 4 members (excludes halogenated alkanes) is 15. The minimum atomic E-state index is -1.35. The lowest BCUT2D eigenvalue weighted by Gasteiger charge is -2.25. The molecule has 0 bridgehead atoms. The second-order valence-electron chi connectivity index (χ2n) is 17.5. The Hall–Kier alpha value is -4.45. The summed E-state index contributed by atoms with van der Waals surface area (Å²) in [5, 5.41) is 42.3. The van der Waals surface area contributed by atoms with Crippen molar-refractivity contribution in [1.82, 2.24) is 10.6 Å². The predicted molar refractivity (Wildman–Crippen MR) is 254 cm³/mol. The van der Waals surface area contributed by atoms with Crippen LogP contribution in [-0.2, 0) is 49.6 Å². The SMILES string of the molecule is NC(=O)[C@@H](CC(=O)[C@@H]1CSSC[C@H](CC(=O)[C@H](CCC(=O)O)NC(=O)CCC(NC(=O)CCCCCCCCCCCCCCCCCCC(=O)O)C(=O)O)C(=O)C1)Cc1ccc(O)cc1. The highest BCUT2D eigenvalue weighted by atomic mass is 33.1. The Kier molecular flexibility index (Phi) is 29.7. The number of hydrogen-bond donors (Lipinski definition) is 7. The predicted octanol–water partition coefficient (Wildman–Crippen LogP) is 7.35. The van der Waals surface area contributed by atoms with Crippen LogP contribution in [0.4, 0.5) is 0 Å². The number of amides is 3. The van der Waals surface area contributed by atoms with Gasteiger partial charge in [0, 0.05) is 74.2 Å². The molecule has 1 saturated heterocycles.